The van der Waals surface area contributed by atoms with Crippen LogP contribution in [0.15, 0.2) is 91.0 Å². The number of anilines is 1. The summed E-state index contributed by atoms with van der Waals surface area (Å²) in [5.74, 6) is 0.0657. The molecule has 0 bridgehead atoms. The van der Waals surface area contributed by atoms with Crippen molar-refractivity contribution in [3.63, 3.8) is 0 Å². The second-order valence-corrected chi connectivity index (χ2v) is 14.5. The third kappa shape index (κ3) is 7.15. The fourth-order valence-corrected chi connectivity index (χ4v) is 8.26. The molecule has 1 unspecified atom stereocenters. The Labute approximate surface area is 314 Å². The molecule has 11 heteroatoms. The molecule has 0 spiro atoms. The van der Waals surface area contributed by atoms with Gasteiger partial charge in [-0.15, -0.1) is 0 Å². The van der Waals surface area contributed by atoms with Crippen LogP contribution in [0.3, 0.4) is 0 Å². The van der Waals surface area contributed by atoms with E-state index in [-0.39, 0.29) is 36.3 Å². The highest BCUT2D eigenvalue weighted by Crippen LogP contribution is 2.47. The fourth-order valence-electron chi connectivity index (χ4n) is 8.26. The van der Waals surface area contributed by atoms with Gasteiger partial charge in [0.05, 0.1) is 24.3 Å². The standard InChI is InChI=1S/C43H44N4O7/c48-31-12-16-34-38(26-31)54-27-36(28-7-3-1-4-8-28)40(34)29-9-13-32(14-10-29)53-24-6-2-5-19-45-20-22-46(23-21-45)30-11-15-33-35(25-30)43(52)47(42(33)51)37-17-18-39(49)44-41(37)50/h1,3-4,7-16,25-26,36-37,40,48H,2,5-6,17-24,27H2,(H,44,49,50)/t36-,37?,40-/m0/s1. The Morgan fingerprint density at radius 3 is 2.33 bits per heavy atom. The van der Waals surface area contributed by atoms with Crippen molar-refractivity contribution in [1.82, 2.24) is 15.1 Å². The van der Waals surface area contributed by atoms with E-state index in [1.165, 1.54) is 11.1 Å². The van der Waals surface area contributed by atoms with Gasteiger partial charge in [0.2, 0.25) is 11.8 Å². The summed E-state index contributed by atoms with van der Waals surface area (Å²) in [5, 5.41) is 12.3. The van der Waals surface area contributed by atoms with E-state index in [9.17, 15) is 24.3 Å². The number of phenols is 1. The highest BCUT2D eigenvalue weighted by Gasteiger charge is 2.45. The lowest BCUT2D eigenvalue weighted by molar-refractivity contribution is -0.136. The first-order valence-corrected chi connectivity index (χ1v) is 18.9. The number of imide groups is 2. The van der Waals surface area contributed by atoms with Crippen molar-refractivity contribution in [2.75, 3.05) is 50.8 Å². The quantitative estimate of drug-likeness (QED) is 0.153. The van der Waals surface area contributed by atoms with Gasteiger partial charge in [-0.25, -0.2) is 0 Å². The summed E-state index contributed by atoms with van der Waals surface area (Å²) < 4.78 is 12.2. The van der Waals surface area contributed by atoms with Crippen LogP contribution < -0.4 is 19.7 Å². The normalized spacial score (nSPS) is 21.4. The monoisotopic (exact) mass is 728 g/mol. The Bertz CT molecular complexity index is 2040. The Morgan fingerprint density at radius 1 is 0.778 bits per heavy atom. The Hall–Kier alpha value is -5.68. The zero-order valence-corrected chi connectivity index (χ0v) is 30.1. The summed E-state index contributed by atoms with van der Waals surface area (Å²) in [7, 11) is 0. The molecule has 278 valence electrons. The average Bonchev–Trinajstić information content (AvgIpc) is 3.44. The lowest BCUT2D eigenvalue weighted by atomic mass is 9.76. The van der Waals surface area contributed by atoms with Crippen molar-refractivity contribution < 1.29 is 33.8 Å². The largest absolute Gasteiger partial charge is 0.508 e. The minimum atomic E-state index is -0.964. The van der Waals surface area contributed by atoms with Crippen molar-refractivity contribution in [2.24, 2.45) is 0 Å². The molecular weight excluding hydrogens is 684 g/mol. The van der Waals surface area contributed by atoms with Crippen molar-refractivity contribution in [3.8, 4) is 17.2 Å². The third-order valence-corrected chi connectivity index (χ3v) is 11.2. The van der Waals surface area contributed by atoms with E-state index in [1.54, 1.807) is 24.3 Å². The van der Waals surface area contributed by atoms with Gasteiger partial charge < -0.3 is 19.5 Å². The lowest BCUT2D eigenvalue weighted by Crippen LogP contribution is -2.54. The molecule has 54 heavy (non-hydrogen) atoms. The zero-order chi connectivity index (χ0) is 37.2. The molecule has 4 aliphatic heterocycles. The number of piperazine rings is 1. The molecule has 2 fully saturated rings. The molecule has 4 aliphatic rings. The first-order chi connectivity index (χ1) is 26.3. The molecule has 0 saturated carbocycles. The van der Waals surface area contributed by atoms with Crippen LogP contribution in [0.2, 0.25) is 0 Å². The van der Waals surface area contributed by atoms with Gasteiger partial charge in [-0.05, 0) is 79.8 Å². The molecular formula is C43H44N4O7. The average molecular weight is 729 g/mol. The SMILES string of the molecule is O=C1CCC(N2C(=O)c3ccc(N4CCN(CCCCCOc5ccc([C@H]6c7ccc(O)cc7OC[C@H]6c6ccccc6)cc5)CC4)cc3C2=O)C(=O)N1. The Kier molecular flexibility index (Phi) is 10.1. The summed E-state index contributed by atoms with van der Waals surface area (Å²) in [6.45, 7) is 5.62. The number of hydrogen-bond acceptors (Lipinski definition) is 9. The highest BCUT2D eigenvalue weighted by molar-refractivity contribution is 6.23. The van der Waals surface area contributed by atoms with Crippen molar-refractivity contribution in [3.05, 3.63) is 119 Å². The Morgan fingerprint density at radius 2 is 1.56 bits per heavy atom. The number of carbonyl (C=O) groups excluding carboxylic acids is 4. The summed E-state index contributed by atoms with van der Waals surface area (Å²) in [5.41, 5.74) is 4.97. The molecule has 3 atom stereocenters. The van der Waals surface area contributed by atoms with Gasteiger partial charge in [-0.3, -0.25) is 34.3 Å². The molecule has 4 aromatic carbocycles. The summed E-state index contributed by atoms with van der Waals surface area (Å²) >= 11 is 0. The number of aromatic hydroxyl groups is 1. The number of rotatable bonds is 11. The van der Waals surface area contributed by atoms with Crippen molar-refractivity contribution >= 4 is 29.3 Å². The minimum absolute atomic E-state index is 0.0915. The number of phenolic OH excluding ortho intramolecular Hbond substituents is 1. The van der Waals surface area contributed by atoms with Gasteiger partial charge >= 0.3 is 0 Å². The van der Waals surface area contributed by atoms with Gasteiger partial charge in [0, 0.05) is 61.8 Å². The number of hydrogen-bond donors (Lipinski definition) is 2. The molecule has 2 N–H and O–H groups in total. The van der Waals surface area contributed by atoms with Gasteiger partial charge in [0.1, 0.15) is 23.3 Å². The van der Waals surface area contributed by atoms with E-state index in [1.807, 2.05) is 18.2 Å². The number of unbranched alkanes of at least 4 members (excludes halogenated alkanes) is 2. The highest BCUT2D eigenvalue weighted by atomic mass is 16.5. The van der Waals surface area contributed by atoms with E-state index in [2.05, 4.69) is 63.6 Å². The minimum Gasteiger partial charge on any atom is -0.508 e. The van der Waals surface area contributed by atoms with E-state index < -0.39 is 23.8 Å². The topological polar surface area (TPSA) is 129 Å². The number of piperidine rings is 1. The molecule has 2 saturated heterocycles. The molecule has 4 amide bonds. The number of nitrogens with zero attached hydrogens (tertiary/aromatic N) is 3. The van der Waals surface area contributed by atoms with Gasteiger partial charge in [0.15, 0.2) is 0 Å². The van der Waals surface area contributed by atoms with E-state index in [4.69, 9.17) is 9.47 Å². The van der Waals surface area contributed by atoms with Crippen LogP contribution in [0.5, 0.6) is 17.2 Å². The van der Waals surface area contributed by atoms with Gasteiger partial charge in [0.25, 0.3) is 11.8 Å². The molecule has 8 rings (SSSR count). The zero-order valence-electron chi connectivity index (χ0n) is 30.1. The maximum absolute atomic E-state index is 13.3. The summed E-state index contributed by atoms with van der Waals surface area (Å²) in [6, 6.07) is 28.6. The fraction of sp³-hybridized carbons (Fsp3) is 0.349. The first-order valence-electron chi connectivity index (χ1n) is 18.9. The predicted molar refractivity (Wildman–Crippen MR) is 202 cm³/mol. The van der Waals surface area contributed by atoms with Crippen LogP contribution in [0, 0.1) is 0 Å². The van der Waals surface area contributed by atoms with Gasteiger partial charge in [-0.1, -0.05) is 48.5 Å². The van der Waals surface area contributed by atoms with Crippen LogP contribution in [0.1, 0.15) is 81.3 Å². The Balaban J connectivity index is 0.783. The van der Waals surface area contributed by atoms with Crippen LogP contribution >= 0.6 is 0 Å². The maximum Gasteiger partial charge on any atom is 0.262 e. The van der Waals surface area contributed by atoms with E-state index in [0.717, 1.165) is 79.6 Å². The van der Waals surface area contributed by atoms with Crippen LogP contribution in [0.4, 0.5) is 5.69 Å². The third-order valence-electron chi connectivity index (χ3n) is 11.2. The number of nitrogens with one attached hydrogen (secondary N) is 1. The van der Waals surface area contributed by atoms with Crippen LogP contribution in [0.25, 0.3) is 0 Å². The van der Waals surface area contributed by atoms with E-state index in [0.29, 0.717) is 24.3 Å². The van der Waals surface area contributed by atoms with Crippen LogP contribution in [-0.2, 0) is 9.59 Å². The lowest BCUT2D eigenvalue weighted by Gasteiger charge is -2.36. The predicted octanol–water partition coefficient (Wildman–Crippen LogP) is 5.47. The summed E-state index contributed by atoms with van der Waals surface area (Å²) in [4.78, 5) is 56.0. The van der Waals surface area contributed by atoms with Gasteiger partial charge in [-0.2, -0.15) is 0 Å². The first kappa shape index (κ1) is 35.4. The second-order valence-electron chi connectivity index (χ2n) is 14.5. The number of carbonyl (C=O) groups is 4. The molecule has 0 aliphatic carbocycles. The maximum atomic E-state index is 13.3. The smallest absolute Gasteiger partial charge is 0.262 e. The second kappa shape index (κ2) is 15.4. The van der Waals surface area contributed by atoms with E-state index >= 15 is 0 Å². The summed E-state index contributed by atoms with van der Waals surface area (Å²) in [6.07, 6.45) is 3.34. The molecule has 11 nitrogen and oxygen atoms in total. The van der Waals surface area contributed by atoms with Crippen LogP contribution in [-0.4, -0.2) is 90.5 Å². The number of ether oxygens (including phenoxy) is 2. The number of fused-ring (bicyclic) bond motifs is 2. The number of amides is 4. The molecule has 4 heterocycles. The molecule has 4 aromatic rings. The van der Waals surface area contributed by atoms with Crippen molar-refractivity contribution in [2.45, 2.75) is 50.0 Å². The number of benzene rings is 4. The molecule has 0 aromatic heterocycles. The van der Waals surface area contributed by atoms with Crippen molar-refractivity contribution in [1.29, 1.82) is 0 Å². The molecule has 0 radical (unpaired) electrons.